The van der Waals surface area contributed by atoms with Gasteiger partial charge in [0.25, 0.3) is 0 Å². The summed E-state index contributed by atoms with van der Waals surface area (Å²) >= 11 is 11.8. The molecule has 0 spiro atoms. The summed E-state index contributed by atoms with van der Waals surface area (Å²) in [4.78, 5) is 17.9. The molecule has 0 radical (unpaired) electrons. The maximum atomic E-state index is 12.2. The Morgan fingerprint density at radius 2 is 2.13 bits per heavy atom. The molecule has 23 heavy (non-hydrogen) atoms. The molecule has 3 atom stereocenters. The smallest absolute Gasteiger partial charge is 0.410 e. The van der Waals surface area contributed by atoms with Gasteiger partial charge in [-0.2, -0.15) is 0 Å². The number of carbonyl (C=O) groups excluding carboxylic acids is 1. The Morgan fingerprint density at radius 1 is 1.43 bits per heavy atom. The summed E-state index contributed by atoms with van der Waals surface area (Å²) in [5, 5.41) is 11.5. The zero-order valence-electron chi connectivity index (χ0n) is 13.3. The van der Waals surface area contributed by atoms with Crippen LogP contribution in [0.15, 0.2) is 12.3 Å². The molecule has 1 saturated carbocycles. The minimum atomic E-state index is -1.01. The van der Waals surface area contributed by atoms with Crippen LogP contribution < -0.4 is 0 Å². The van der Waals surface area contributed by atoms with Crippen LogP contribution in [0.3, 0.4) is 0 Å². The molecule has 1 aromatic rings. The van der Waals surface area contributed by atoms with Crippen LogP contribution in [0.1, 0.15) is 32.8 Å². The third kappa shape index (κ3) is 3.02. The maximum absolute atomic E-state index is 12.2. The number of aromatic nitrogens is 1. The van der Waals surface area contributed by atoms with E-state index in [-0.39, 0.29) is 23.1 Å². The number of amides is 1. The molecule has 2 fully saturated rings. The number of pyridine rings is 1. The van der Waals surface area contributed by atoms with E-state index in [4.69, 9.17) is 27.9 Å². The lowest BCUT2D eigenvalue weighted by atomic mass is 9.60. The summed E-state index contributed by atoms with van der Waals surface area (Å²) in [6.07, 6.45) is 1.80. The number of ether oxygens (including phenoxy) is 1. The van der Waals surface area contributed by atoms with Crippen LogP contribution in [0.2, 0.25) is 10.2 Å². The van der Waals surface area contributed by atoms with Crippen molar-refractivity contribution in [2.45, 2.75) is 38.4 Å². The molecule has 1 aliphatic carbocycles. The monoisotopic (exact) mass is 358 g/mol. The largest absolute Gasteiger partial charge is 0.444 e. The minimum Gasteiger partial charge on any atom is -0.444 e. The van der Waals surface area contributed by atoms with Crippen molar-refractivity contribution < 1.29 is 14.6 Å². The Morgan fingerprint density at radius 3 is 2.74 bits per heavy atom. The van der Waals surface area contributed by atoms with E-state index in [1.807, 2.05) is 20.8 Å². The highest BCUT2D eigenvalue weighted by Crippen LogP contribution is 2.54. The van der Waals surface area contributed by atoms with E-state index in [1.165, 1.54) is 0 Å². The van der Waals surface area contributed by atoms with Crippen LogP contribution in [0, 0.1) is 11.8 Å². The quantitative estimate of drug-likeness (QED) is 0.780. The van der Waals surface area contributed by atoms with E-state index in [2.05, 4.69) is 4.98 Å². The van der Waals surface area contributed by atoms with E-state index in [0.717, 1.165) is 0 Å². The highest BCUT2D eigenvalue weighted by Gasteiger charge is 2.59. The second-order valence-corrected chi connectivity index (χ2v) is 8.14. The number of rotatable bonds is 1. The van der Waals surface area contributed by atoms with Gasteiger partial charge in [-0.05, 0) is 39.2 Å². The molecule has 3 rings (SSSR count). The average Bonchev–Trinajstić information content (AvgIpc) is 2.78. The standard InChI is InChI=1S/C16H20Cl2N2O3/c1-15(2,3)23-14(21)20-7-9-5-16(22,11(9)8-20)10-4-12(17)13(18)19-6-10/h4,6,9,11,22H,5,7-8H2,1-3H3. The van der Waals surface area contributed by atoms with Crippen LogP contribution in [-0.4, -0.2) is 39.8 Å². The van der Waals surface area contributed by atoms with Crippen molar-refractivity contribution in [3.63, 3.8) is 0 Å². The Labute approximate surface area is 145 Å². The number of aliphatic hydroxyl groups is 1. The van der Waals surface area contributed by atoms with Gasteiger partial charge in [0.1, 0.15) is 10.8 Å². The summed E-state index contributed by atoms with van der Waals surface area (Å²) in [6.45, 7) is 6.60. The van der Waals surface area contributed by atoms with E-state index >= 15 is 0 Å². The van der Waals surface area contributed by atoms with Gasteiger partial charge in [-0.25, -0.2) is 9.78 Å². The van der Waals surface area contributed by atoms with E-state index in [1.54, 1.807) is 17.2 Å². The molecule has 1 N–H and O–H groups in total. The van der Waals surface area contributed by atoms with Crippen molar-refractivity contribution in [2.24, 2.45) is 11.8 Å². The molecular formula is C16H20Cl2N2O3. The number of nitrogens with zero attached hydrogens (tertiary/aromatic N) is 2. The van der Waals surface area contributed by atoms with Crippen LogP contribution in [-0.2, 0) is 10.3 Å². The zero-order chi connectivity index (χ0) is 17.0. The van der Waals surface area contributed by atoms with Crippen LogP contribution in [0.25, 0.3) is 0 Å². The fraction of sp³-hybridized carbons (Fsp3) is 0.625. The first-order valence-corrected chi connectivity index (χ1v) is 8.37. The lowest BCUT2D eigenvalue weighted by Crippen LogP contribution is -2.51. The predicted octanol–water partition coefficient (Wildman–Crippen LogP) is 3.46. The van der Waals surface area contributed by atoms with Gasteiger partial charge < -0.3 is 14.7 Å². The van der Waals surface area contributed by atoms with E-state index < -0.39 is 11.2 Å². The molecule has 0 bridgehead atoms. The number of hydrogen-bond acceptors (Lipinski definition) is 4. The fourth-order valence-corrected chi connectivity index (χ4v) is 3.74. The van der Waals surface area contributed by atoms with Crippen molar-refractivity contribution in [3.8, 4) is 0 Å². The van der Waals surface area contributed by atoms with Crippen LogP contribution >= 0.6 is 23.2 Å². The van der Waals surface area contributed by atoms with Crippen molar-refractivity contribution in [3.05, 3.63) is 28.0 Å². The van der Waals surface area contributed by atoms with Crippen molar-refractivity contribution in [1.82, 2.24) is 9.88 Å². The molecular weight excluding hydrogens is 339 g/mol. The van der Waals surface area contributed by atoms with Crippen LogP contribution in [0.4, 0.5) is 4.79 Å². The summed E-state index contributed by atoms with van der Waals surface area (Å²) in [7, 11) is 0. The molecule has 0 aromatic carbocycles. The normalized spacial score (nSPS) is 29.9. The topological polar surface area (TPSA) is 62.7 Å². The molecule has 2 aliphatic rings. The van der Waals surface area contributed by atoms with Gasteiger partial charge in [-0.3, -0.25) is 0 Å². The number of carbonyl (C=O) groups is 1. The second kappa shape index (κ2) is 5.50. The van der Waals surface area contributed by atoms with Gasteiger partial charge in [0.2, 0.25) is 0 Å². The molecule has 2 heterocycles. The molecule has 5 nitrogen and oxygen atoms in total. The maximum Gasteiger partial charge on any atom is 0.410 e. The second-order valence-electron chi connectivity index (χ2n) is 7.38. The zero-order valence-corrected chi connectivity index (χ0v) is 14.9. The van der Waals surface area contributed by atoms with Crippen molar-refractivity contribution in [2.75, 3.05) is 13.1 Å². The van der Waals surface area contributed by atoms with Crippen molar-refractivity contribution >= 4 is 29.3 Å². The van der Waals surface area contributed by atoms with E-state index in [9.17, 15) is 9.90 Å². The average molecular weight is 359 g/mol. The van der Waals surface area contributed by atoms with Gasteiger partial charge in [0, 0.05) is 30.8 Å². The predicted molar refractivity (Wildman–Crippen MR) is 87.6 cm³/mol. The number of likely N-dealkylation sites (tertiary alicyclic amines) is 1. The SMILES string of the molecule is CC(C)(C)OC(=O)N1CC2CC(O)(c3cnc(Cl)c(Cl)c3)C2C1. The Bertz CT molecular complexity index is 647. The third-order valence-electron chi connectivity index (χ3n) is 4.58. The number of halogens is 2. The first kappa shape index (κ1) is 16.8. The first-order valence-electron chi connectivity index (χ1n) is 7.62. The lowest BCUT2D eigenvalue weighted by molar-refractivity contribution is -0.124. The molecule has 1 aliphatic heterocycles. The number of fused-ring (bicyclic) bond motifs is 1. The molecule has 7 heteroatoms. The van der Waals surface area contributed by atoms with Gasteiger partial charge in [0.05, 0.1) is 10.6 Å². The van der Waals surface area contributed by atoms with Gasteiger partial charge in [0.15, 0.2) is 0 Å². The first-order chi connectivity index (χ1) is 10.6. The molecule has 1 amide bonds. The summed E-state index contributed by atoms with van der Waals surface area (Å²) in [5.74, 6) is 0.232. The van der Waals surface area contributed by atoms with Gasteiger partial charge >= 0.3 is 6.09 Å². The summed E-state index contributed by atoms with van der Waals surface area (Å²) in [6, 6.07) is 1.66. The molecule has 1 aromatic heterocycles. The Balaban J connectivity index is 1.73. The molecule has 126 valence electrons. The third-order valence-corrected chi connectivity index (χ3v) is 5.26. The lowest BCUT2D eigenvalue weighted by Gasteiger charge is -2.47. The Kier molecular flexibility index (Phi) is 4.02. The van der Waals surface area contributed by atoms with Gasteiger partial charge in [-0.1, -0.05) is 23.2 Å². The van der Waals surface area contributed by atoms with Crippen molar-refractivity contribution in [1.29, 1.82) is 0 Å². The van der Waals surface area contributed by atoms with E-state index in [0.29, 0.717) is 30.1 Å². The summed E-state index contributed by atoms with van der Waals surface area (Å²) < 4.78 is 5.41. The molecule has 3 unspecified atom stereocenters. The highest BCUT2D eigenvalue weighted by molar-refractivity contribution is 6.41. The minimum absolute atomic E-state index is 0.0333. The Hall–Kier alpha value is -1.04. The molecule has 1 saturated heterocycles. The fourth-order valence-electron chi connectivity index (χ4n) is 3.48. The summed E-state index contributed by atoms with van der Waals surface area (Å²) in [5.41, 5.74) is -0.884. The van der Waals surface area contributed by atoms with Gasteiger partial charge in [-0.15, -0.1) is 0 Å². The number of hydrogen-bond donors (Lipinski definition) is 1. The van der Waals surface area contributed by atoms with Crippen LogP contribution in [0.5, 0.6) is 0 Å². The highest BCUT2D eigenvalue weighted by atomic mass is 35.5.